The molecule has 0 saturated heterocycles. The summed E-state index contributed by atoms with van der Waals surface area (Å²) < 4.78 is 5.72. The van der Waals surface area contributed by atoms with E-state index in [9.17, 15) is 0 Å². The highest BCUT2D eigenvalue weighted by molar-refractivity contribution is 5.70. The highest BCUT2D eigenvalue weighted by Gasteiger charge is 2.19. The van der Waals surface area contributed by atoms with Crippen LogP contribution in [0, 0.1) is 0 Å². The van der Waals surface area contributed by atoms with Crippen molar-refractivity contribution in [3.05, 3.63) is 54.1 Å². The van der Waals surface area contributed by atoms with E-state index >= 15 is 0 Å². The van der Waals surface area contributed by atoms with E-state index in [4.69, 9.17) is 4.74 Å². The fraction of sp³-hybridized carbons (Fsp3) is 0.333. The van der Waals surface area contributed by atoms with Crippen molar-refractivity contribution in [1.82, 2.24) is 5.32 Å². The Morgan fingerprint density at radius 3 is 2.75 bits per heavy atom. The molecule has 3 rings (SSSR count). The first-order chi connectivity index (χ1) is 9.86. The summed E-state index contributed by atoms with van der Waals surface area (Å²) in [7, 11) is 0. The predicted molar refractivity (Wildman–Crippen MR) is 82.9 cm³/mol. The Balaban J connectivity index is 1.83. The fourth-order valence-corrected chi connectivity index (χ4v) is 2.38. The molecule has 0 aromatic heterocycles. The number of para-hydroxylation sites is 1. The van der Waals surface area contributed by atoms with E-state index in [0.717, 1.165) is 18.3 Å². The van der Waals surface area contributed by atoms with Gasteiger partial charge in [-0.05, 0) is 43.0 Å². The summed E-state index contributed by atoms with van der Waals surface area (Å²) in [6.07, 6.45) is 2.65. The molecule has 0 atom stereocenters. The molecular weight excluding hydrogens is 246 g/mol. The van der Waals surface area contributed by atoms with Gasteiger partial charge in [0.25, 0.3) is 0 Å². The van der Waals surface area contributed by atoms with Gasteiger partial charge in [0.05, 0.1) is 6.61 Å². The third kappa shape index (κ3) is 3.20. The summed E-state index contributed by atoms with van der Waals surface area (Å²) in [5.74, 6) is 0.960. The minimum absolute atomic E-state index is 0.694. The SMILES string of the molecule is CCOc1ccccc1-c1cccc(CNC2CC2)c1. The Morgan fingerprint density at radius 1 is 1.10 bits per heavy atom. The lowest BCUT2D eigenvalue weighted by Crippen LogP contribution is -2.15. The van der Waals surface area contributed by atoms with E-state index in [-0.39, 0.29) is 0 Å². The van der Waals surface area contributed by atoms with Gasteiger partial charge in [-0.2, -0.15) is 0 Å². The van der Waals surface area contributed by atoms with Gasteiger partial charge in [-0.1, -0.05) is 36.4 Å². The Bertz CT molecular complexity index is 575. The normalized spacial score (nSPS) is 14.2. The highest BCUT2D eigenvalue weighted by Crippen LogP contribution is 2.30. The second-order valence-corrected chi connectivity index (χ2v) is 5.28. The molecule has 2 aromatic rings. The van der Waals surface area contributed by atoms with Gasteiger partial charge in [-0.3, -0.25) is 0 Å². The van der Waals surface area contributed by atoms with Crippen LogP contribution in [0.4, 0.5) is 0 Å². The van der Waals surface area contributed by atoms with E-state index in [1.165, 1.54) is 29.5 Å². The minimum Gasteiger partial charge on any atom is -0.493 e. The minimum atomic E-state index is 0.694. The molecule has 1 fully saturated rings. The van der Waals surface area contributed by atoms with Crippen LogP contribution in [-0.4, -0.2) is 12.6 Å². The molecule has 0 amide bonds. The van der Waals surface area contributed by atoms with Crippen molar-refractivity contribution in [2.24, 2.45) is 0 Å². The van der Waals surface area contributed by atoms with Crippen molar-refractivity contribution in [1.29, 1.82) is 0 Å². The van der Waals surface area contributed by atoms with Gasteiger partial charge in [0.2, 0.25) is 0 Å². The molecule has 2 aromatic carbocycles. The predicted octanol–water partition coefficient (Wildman–Crippen LogP) is 4.00. The van der Waals surface area contributed by atoms with Crippen LogP contribution < -0.4 is 10.1 Å². The second kappa shape index (κ2) is 6.10. The second-order valence-electron chi connectivity index (χ2n) is 5.28. The van der Waals surface area contributed by atoms with Crippen molar-refractivity contribution in [2.75, 3.05) is 6.61 Å². The molecule has 0 bridgehead atoms. The Morgan fingerprint density at radius 2 is 1.95 bits per heavy atom. The first-order valence-electron chi connectivity index (χ1n) is 7.41. The van der Waals surface area contributed by atoms with Crippen LogP contribution in [0.3, 0.4) is 0 Å². The Kier molecular flexibility index (Phi) is 4.03. The largest absolute Gasteiger partial charge is 0.493 e. The van der Waals surface area contributed by atoms with Crippen molar-refractivity contribution < 1.29 is 4.74 Å². The summed E-state index contributed by atoms with van der Waals surface area (Å²) in [5, 5.41) is 3.56. The summed E-state index contributed by atoms with van der Waals surface area (Å²) >= 11 is 0. The maximum atomic E-state index is 5.72. The quantitative estimate of drug-likeness (QED) is 0.854. The fourth-order valence-electron chi connectivity index (χ4n) is 2.38. The first-order valence-corrected chi connectivity index (χ1v) is 7.41. The molecule has 0 aliphatic heterocycles. The van der Waals surface area contributed by atoms with Gasteiger partial charge in [0.15, 0.2) is 0 Å². The summed E-state index contributed by atoms with van der Waals surface area (Å²) in [5.41, 5.74) is 3.73. The molecular formula is C18H21NO. The first kappa shape index (κ1) is 13.2. The van der Waals surface area contributed by atoms with E-state index in [0.29, 0.717) is 6.61 Å². The smallest absolute Gasteiger partial charge is 0.127 e. The van der Waals surface area contributed by atoms with Gasteiger partial charge in [-0.25, -0.2) is 0 Å². The highest BCUT2D eigenvalue weighted by atomic mass is 16.5. The number of benzene rings is 2. The standard InChI is InChI=1S/C18H21NO/c1-2-20-18-9-4-3-8-17(18)15-7-5-6-14(12-15)13-19-16-10-11-16/h3-9,12,16,19H,2,10-11,13H2,1H3. The summed E-state index contributed by atoms with van der Waals surface area (Å²) in [6.45, 7) is 3.67. The number of nitrogens with one attached hydrogen (secondary N) is 1. The third-order valence-electron chi connectivity index (χ3n) is 3.60. The summed E-state index contributed by atoms with van der Waals surface area (Å²) in [4.78, 5) is 0. The van der Waals surface area contributed by atoms with Crippen LogP contribution >= 0.6 is 0 Å². The van der Waals surface area contributed by atoms with Crippen LogP contribution in [0.5, 0.6) is 5.75 Å². The topological polar surface area (TPSA) is 21.3 Å². The molecule has 0 spiro atoms. The monoisotopic (exact) mass is 267 g/mol. The third-order valence-corrected chi connectivity index (χ3v) is 3.60. The zero-order valence-corrected chi connectivity index (χ0v) is 11.9. The average Bonchev–Trinajstić information content (AvgIpc) is 3.31. The summed E-state index contributed by atoms with van der Waals surface area (Å²) in [6, 6.07) is 17.7. The lowest BCUT2D eigenvalue weighted by Gasteiger charge is -2.11. The molecule has 0 heterocycles. The maximum absolute atomic E-state index is 5.72. The number of hydrogen-bond donors (Lipinski definition) is 1. The molecule has 1 saturated carbocycles. The molecule has 1 N–H and O–H groups in total. The molecule has 104 valence electrons. The van der Waals surface area contributed by atoms with Crippen LogP contribution in [0.1, 0.15) is 25.3 Å². The molecule has 1 aliphatic carbocycles. The van der Waals surface area contributed by atoms with Gasteiger partial charge < -0.3 is 10.1 Å². The Labute approximate surface area is 120 Å². The van der Waals surface area contributed by atoms with E-state index in [1.807, 2.05) is 19.1 Å². The number of ether oxygens (including phenoxy) is 1. The van der Waals surface area contributed by atoms with Crippen molar-refractivity contribution in [3.8, 4) is 16.9 Å². The molecule has 0 unspecified atom stereocenters. The van der Waals surface area contributed by atoms with Gasteiger partial charge in [0.1, 0.15) is 5.75 Å². The van der Waals surface area contributed by atoms with Gasteiger partial charge >= 0.3 is 0 Å². The molecule has 20 heavy (non-hydrogen) atoms. The molecule has 1 aliphatic rings. The average molecular weight is 267 g/mol. The molecule has 0 radical (unpaired) electrons. The van der Waals surface area contributed by atoms with E-state index in [1.54, 1.807) is 0 Å². The van der Waals surface area contributed by atoms with Crippen LogP contribution in [0.25, 0.3) is 11.1 Å². The number of rotatable bonds is 6. The lowest BCUT2D eigenvalue weighted by molar-refractivity contribution is 0.341. The zero-order chi connectivity index (χ0) is 13.8. The lowest BCUT2D eigenvalue weighted by atomic mass is 10.0. The van der Waals surface area contributed by atoms with Crippen molar-refractivity contribution >= 4 is 0 Å². The van der Waals surface area contributed by atoms with Gasteiger partial charge in [-0.15, -0.1) is 0 Å². The van der Waals surface area contributed by atoms with Gasteiger partial charge in [0, 0.05) is 18.2 Å². The number of hydrogen-bond acceptors (Lipinski definition) is 2. The van der Waals surface area contributed by atoms with E-state index in [2.05, 4.69) is 41.7 Å². The molecule has 2 nitrogen and oxygen atoms in total. The van der Waals surface area contributed by atoms with Crippen molar-refractivity contribution in [2.45, 2.75) is 32.4 Å². The Hall–Kier alpha value is -1.80. The maximum Gasteiger partial charge on any atom is 0.127 e. The van der Waals surface area contributed by atoms with Crippen LogP contribution in [0.2, 0.25) is 0 Å². The van der Waals surface area contributed by atoms with Crippen LogP contribution in [-0.2, 0) is 6.54 Å². The molecule has 2 heteroatoms. The zero-order valence-electron chi connectivity index (χ0n) is 11.9. The van der Waals surface area contributed by atoms with Crippen molar-refractivity contribution in [3.63, 3.8) is 0 Å². The van der Waals surface area contributed by atoms with E-state index < -0.39 is 0 Å². The van der Waals surface area contributed by atoms with Crippen LogP contribution in [0.15, 0.2) is 48.5 Å².